The van der Waals surface area contributed by atoms with E-state index in [-0.39, 0.29) is 11.5 Å². The smallest absolute Gasteiger partial charge is 0.263 e. The van der Waals surface area contributed by atoms with Crippen molar-refractivity contribution in [3.63, 3.8) is 0 Å². The topological polar surface area (TPSA) is 99.2 Å². The highest BCUT2D eigenvalue weighted by Gasteiger charge is 2.15. The molecular weight excluding hydrogens is 316 g/mol. The Balaban J connectivity index is 2.17. The van der Waals surface area contributed by atoms with Gasteiger partial charge in [-0.05, 0) is 29.8 Å². The Bertz CT molecular complexity index is 821. The fourth-order valence-electron chi connectivity index (χ4n) is 2.12. The van der Waals surface area contributed by atoms with E-state index in [1.54, 1.807) is 24.3 Å². The number of nitrogens with one attached hydrogen (secondary N) is 1. The molecule has 0 aliphatic carbocycles. The zero-order valence-corrected chi connectivity index (χ0v) is 13.8. The van der Waals surface area contributed by atoms with Crippen molar-refractivity contribution in [2.75, 3.05) is 10.6 Å². The minimum Gasteiger partial charge on any atom is -0.399 e. The Labute approximate surface area is 146 Å². The summed E-state index contributed by atoms with van der Waals surface area (Å²) in [6, 6.07) is 17.7. The van der Waals surface area contributed by atoms with Crippen molar-refractivity contribution in [1.29, 1.82) is 5.26 Å². The number of hydrogen-bond donors (Lipinski definition) is 2. The molecule has 0 aromatic heterocycles. The van der Waals surface area contributed by atoms with Gasteiger partial charge in [-0.2, -0.15) is 5.26 Å². The molecule has 0 saturated carbocycles. The molecule has 6 nitrogen and oxygen atoms in total. The summed E-state index contributed by atoms with van der Waals surface area (Å²) in [5.74, 6) is -0.874. The predicted molar refractivity (Wildman–Crippen MR) is 96.0 cm³/mol. The average molecular weight is 334 g/mol. The van der Waals surface area contributed by atoms with Crippen LogP contribution in [-0.2, 0) is 16.1 Å². The monoisotopic (exact) mass is 334 g/mol. The second kappa shape index (κ2) is 8.31. The van der Waals surface area contributed by atoms with E-state index in [1.807, 2.05) is 36.4 Å². The minimum atomic E-state index is -0.548. The maximum absolute atomic E-state index is 12.2. The molecule has 0 atom stereocenters. The molecule has 25 heavy (non-hydrogen) atoms. The van der Waals surface area contributed by atoms with Crippen LogP contribution in [0.3, 0.4) is 0 Å². The maximum atomic E-state index is 12.2. The van der Waals surface area contributed by atoms with Gasteiger partial charge in [-0.15, -0.1) is 0 Å². The highest BCUT2D eigenvalue weighted by molar-refractivity contribution is 6.01. The Morgan fingerprint density at radius 2 is 1.80 bits per heavy atom. The van der Waals surface area contributed by atoms with Crippen LogP contribution in [0.25, 0.3) is 0 Å². The highest BCUT2D eigenvalue weighted by atomic mass is 16.2. The molecule has 0 saturated heterocycles. The third-order valence-electron chi connectivity index (χ3n) is 3.43. The lowest BCUT2D eigenvalue weighted by Gasteiger charge is -2.17. The number of nitrogens with zero attached hydrogens (tertiary/aromatic N) is 2. The van der Waals surface area contributed by atoms with Gasteiger partial charge in [0, 0.05) is 31.0 Å². The second-order valence-electron chi connectivity index (χ2n) is 5.30. The van der Waals surface area contributed by atoms with Gasteiger partial charge in [0.2, 0.25) is 5.91 Å². The van der Waals surface area contributed by atoms with E-state index in [0.717, 1.165) is 5.56 Å². The number of carbonyl (C=O) groups is 2. The van der Waals surface area contributed by atoms with Gasteiger partial charge < -0.3 is 11.1 Å². The van der Waals surface area contributed by atoms with Crippen LogP contribution in [0.1, 0.15) is 12.5 Å². The SMILES string of the molecule is CC(=O)N(/C=C(/C#N)C(=O)NCc1ccccc1)c1ccc(N)cc1. The fraction of sp³-hybridized carbons (Fsp3) is 0.105. The van der Waals surface area contributed by atoms with Crippen LogP contribution in [0.4, 0.5) is 11.4 Å². The second-order valence-corrected chi connectivity index (χ2v) is 5.30. The summed E-state index contributed by atoms with van der Waals surface area (Å²) < 4.78 is 0. The van der Waals surface area contributed by atoms with Crippen molar-refractivity contribution in [2.45, 2.75) is 13.5 Å². The Morgan fingerprint density at radius 1 is 1.16 bits per heavy atom. The lowest BCUT2D eigenvalue weighted by atomic mass is 10.2. The molecule has 2 aromatic carbocycles. The minimum absolute atomic E-state index is 0.164. The van der Waals surface area contributed by atoms with Crippen LogP contribution in [0.15, 0.2) is 66.4 Å². The van der Waals surface area contributed by atoms with Crippen molar-refractivity contribution in [3.05, 3.63) is 71.9 Å². The van der Waals surface area contributed by atoms with E-state index in [9.17, 15) is 14.9 Å². The number of nitriles is 1. The normalized spacial score (nSPS) is 10.6. The van der Waals surface area contributed by atoms with Gasteiger partial charge in [-0.3, -0.25) is 14.5 Å². The number of carbonyl (C=O) groups excluding carboxylic acids is 2. The number of benzene rings is 2. The van der Waals surface area contributed by atoms with Gasteiger partial charge in [0.1, 0.15) is 11.6 Å². The molecule has 0 fully saturated rings. The number of hydrogen-bond acceptors (Lipinski definition) is 4. The molecule has 126 valence electrons. The highest BCUT2D eigenvalue weighted by Crippen LogP contribution is 2.18. The van der Waals surface area contributed by atoms with E-state index in [4.69, 9.17) is 5.73 Å². The third-order valence-corrected chi connectivity index (χ3v) is 3.43. The van der Waals surface area contributed by atoms with Crippen LogP contribution in [-0.4, -0.2) is 11.8 Å². The van der Waals surface area contributed by atoms with Gasteiger partial charge in [-0.25, -0.2) is 0 Å². The molecule has 3 N–H and O–H groups in total. The summed E-state index contributed by atoms with van der Waals surface area (Å²) in [6.07, 6.45) is 1.23. The zero-order valence-electron chi connectivity index (χ0n) is 13.8. The van der Waals surface area contributed by atoms with E-state index in [0.29, 0.717) is 17.9 Å². The van der Waals surface area contributed by atoms with Crippen LogP contribution >= 0.6 is 0 Å². The predicted octanol–water partition coefficient (Wildman–Crippen LogP) is 2.35. The van der Waals surface area contributed by atoms with Crippen molar-refractivity contribution >= 4 is 23.2 Å². The standard InChI is InChI=1S/C19H18N4O2/c1-14(24)23(18-9-7-17(21)8-10-18)13-16(11-20)19(25)22-12-15-5-3-2-4-6-15/h2-10,13H,12,21H2,1H3,(H,22,25)/b16-13-. The van der Waals surface area contributed by atoms with E-state index >= 15 is 0 Å². The Morgan fingerprint density at radius 3 is 2.36 bits per heavy atom. The van der Waals surface area contributed by atoms with Crippen LogP contribution in [0.5, 0.6) is 0 Å². The van der Waals surface area contributed by atoms with Gasteiger partial charge in [0.25, 0.3) is 5.91 Å². The Kier molecular flexibility index (Phi) is 5.91. The molecule has 0 spiro atoms. The third kappa shape index (κ3) is 4.94. The summed E-state index contributed by atoms with van der Waals surface area (Å²) in [4.78, 5) is 25.4. The van der Waals surface area contributed by atoms with Crippen molar-refractivity contribution < 1.29 is 9.59 Å². The molecule has 0 unspecified atom stereocenters. The van der Waals surface area contributed by atoms with Crippen LogP contribution in [0.2, 0.25) is 0 Å². The molecular formula is C19H18N4O2. The van der Waals surface area contributed by atoms with Crippen molar-refractivity contribution in [3.8, 4) is 6.07 Å². The van der Waals surface area contributed by atoms with Gasteiger partial charge in [0.05, 0.1) is 0 Å². The van der Waals surface area contributed by atoms with E-state index in [2.05, 4.69) is 5.32 Å². The summed E-state index contributed by atoms with van der Waals surface area (Å²) in [6.45, 7) is 1.64. The lowest BCUT2D eigenvalue weighted by molar-refractivity contribution is -0.117. The largest absolute Gasteiger partial charge is 0.399 e. The molecule has 0 radical (unpaired) electrons. The first-order valence-electron chi connectivity index (χ1n) is 7.60. The first-order valence-corrected chi connectivity index (χ1v) is 7.60. The fourth-order valence-corrected chi connectivity index (χ4v) is 2.12. The molecule has 6 heteroatoms. The summed E-state index contributed by atoms with van der Waals surface area (Å²) in [5, 5.41) is 11.9. The maximum Gasteiger partial charge on any atom is 0.263 e. The van der Waals surface area contributed by atoms with E-state index in [1.165, 1.54) is 18.0 Å². The molecule has 0 bridgehead atoms. The van der Waals surface area contributed by atoms with Gasteiger partial charge in [0.15, 0.2) is 0 Å². The van der Waals surface area contributed by atoms with Crippen molar-refractivity contribution in [2.24, 2.45) is 0 Å². The number of rotatable bonds is 5. The first kappa shape index (κ1) is 17.8. The lowest BCUT2D eigenvalue weighted by Crippen LogP contribution is -2.28. The summed E-state index contributed by atoms with van der Waals surface area (Å²) in [7, 11) is 0. The summed E-state index contributed by atoms with van der Waals surface area (Å²) >= 11 is 0. The quantitative estimate of drug-likeness (QED) is 0.498. The summed E-state index contributed by atoms with van der Waals surface area (Å²) in [5.41, 5.74) is 7.46. The number of anilines is 2. The molecule has 2 aromatic rings. The van der Waals surface area contributed by atoms with Gasteiger partial charge in [-0.1, -0.05) is 30.3 Å². The number of nitrogen functional groups attached to an aromatic ring is 1. The number of amides is 2. The van der Waals surface area contributed by atoms with Crippen molar-refractivity contribution in [1.82, 2.24) is 5.32 Å². The molecule has 0 aliphatic rings. The molecule has 2 rings (SSSR count). The van der Waals surface area contributed by atoms with Gasteiger partial charge >= 0.3 is 0 Å². The van der Waals surface area contributed by atoms with Crippen LogP contribution in [0, 0.1) is 11.3 Å². The van der Waals surface area contributed by atoms with E-state index < -0.39 is 5.91 Å². The molecule has 2 amide bonds. The Hall–Kier alpha value is -3.59. The zero-order chi connectivity index (χ0) is 18.2. The molecule has 0 aliphatic heterocycles. The first-order chi connectivity index (χ1) is 12.0. The molecule has 0 heterocycles. The number of nitrogens with two attached hydrogens (primary N) is 1. The van der Waals surface area contributed by atoms with Crippen LogP contribution < -0.4 is 16.0 Å². The average Bonchev–Trinajstić information content (AvgIpc) is 2.62.